The number of ether oxygens (including phenoxy) is 1. The van der Waals surface area contributed by atoms with E-state index < -0.39 is 5.41 Å². The van der Waals surface area contributed by atoms with Crippen molar-refractivity contribution in [3.05, 3.63) is 77.9 Å². The zero-order valence-corrected chi connectivity index (χ0v) is 12.0. The molecule has 1 aliphatic carbocycles. The molecular weight excluding hydrogens is 260 g/mol. The predicted octanol–water partition coefficient (Wildman–Crippen LogP) is 4.05. The van der Waals surface area contributed by atoms with Crippen molar-refractivity contribution in [2.75, 3.05) is 7.11 Å². The minimum absolute atomic E-state index is 0.150. The number of methoxy groups -OCH3 is 1. The molecule has 3 rings (SSSR count). The molecule has 0 bridgehead atoms. The molecule has 2 nitrogen and oxygen atoms in total. The maximum absolute atomic E-state index is 12.2. The molecule has 21 heavy (non-hydrogen) atoms. The molecule has 0 radical (unpaired) electrons. The van der Waals surface area contributed by atoms with Gasteiger partial charge in [0.15, 0.2) is 0 Å². The Hall–Kier alpha value is -2.35. The highest BCUT2D eigenvalue weighted by molar-refractivity contribution is 5.86. The van der Waals surface area contributed by atoms with E-state index in [1.807, 2.05) is 60.7 Å². The van der Waals surface area contributed by atoms with Gasteiger partial charge in [0, 0.05) is 5.92 Å². The summed E-state index contributed by atoms with van der Waals surface area (Å²) >= 11 is 0. The van der Waals surface area contributed by atoms with Crippen LogP contribution < -0.4 is 0 Å². The Labute approximate surface area is 125 Å². The van der Waals surface area contributed by atoms with E-state index in [1.54, 1.807) is 0 Å². The number of esters is 1. The molecular formula is C19H18O2. The molecule has 0 saturated heterocycles. The zero-order chi connectivity index (χ0) is 14.7. The standard InChI is InChI=1S/C19H18O2/c1-21-18(20)19(13-12-15-8-4-2-5-9-15)14-17(19)16-10-6-3-7-11-16/h2-13,17H,14H2,1H3/t17-,19+/m0/s1. The maximum Gasteiger partial charge on any atom is 0.316 e. The third-order valence-corrected chi connectivity index (χ3v) is 4.14. The molecule has 106 valence electrons. The fourth-order valence-corrected chi connectivity index (χ4v) is 2.86. The molecule has 0 aliphatic heterocycles. The van der Waals surface area contributed by atoms with Gasteiger partial charge in [-0.3, -0.25) is 4.79 Å². The van der Waals surface area contributed by atoms with Gasteiger partial charge >= 0.3 is 5.97 Å². The van der Waals surface area contributed by atoms with E-state index in [1.165, 1.54) is 12.7 Å². The fraction of sp³-hybridized carbons (Fsp3) is 0.211. The normalized spacial score (nSPS) is 24.0. The third-order valence-electron chi connectivity index (χ3n) is 4.14. The van der Waals surface area contributed by atoms with E-state index in [4.69, 9.17) is 4.74 Å². The summed E-state index contributed by atoms with van der Waals surface area (Å²) in [6.07, 6.45) is 4.83. The van der Waals surface area contributed by atoms with Gasteiger partial charge < -0.3 is 4.74 Å². The summed E-state index contributed by atoms with van der Waals surface area (Å²) in [5.41, 5.74) is 1.78. The Morgan fingerprint density at radius 2 is 1.71 bits per heavy atom. The molecule has 2 aromatic carbocycles. The first-order valence-corrected chi connectivity index (χ1v) is 7.14. The molecule has 0 amide bonds. The molecule has 0 unspecified atom stereocenters. The van der Waals surface area contributed by atoms with E-state index >= 15 is 0 Å². The summed E-state index contributed by atoms with van der Waals surface area (Å²) in [6, 6.07) is 20.2. The number of carbonyl (C=O) groups excluding carboxylic acids is 1. The van der Waals surface area contributed by atoms with Crippen LogP contribution in [0.5, 0.6) is 0 Å². The third kappa shape index (κ3) is 2.62. The van der Waals surface area contributed by atoms with Crippen LogP contribution in [0.25, 0.3) is 6.08 Å². The minimum atomic E-state index is -0.508. The summed E-state index contributed by atoms with van der Waals surface area (Å²) in [7, 11) is 1.46. The molecule has 0 aromatic heterocycles. The molecule has 2 atom stereocenters. The molecule has 2 aromatic rings. The van der Waals surface area contributed by atoms with E-state index in [2.05, 4.69) is 12.1 Å². The van der Waals surface area contributed by atoms with E-state index in [9.17, 15) is 4.79 Å². The minimum Gasteiger partial charge on any atom is -0.468 e. The topological polar surface area (TPSA) is 26.3 Å². The van der Waals surface area contributed by atoms with Crippen LogP contribution in [0.15, 0.2) is 66.7 Å². The average molecular weight is 278 g/mol. The highest BCUT2D eigenvalue weighted by Crippen LogP contribution is 2.61. The number of rotatable bonds is 4. The van der Waals surface area contributed by atoms with E-state index in [-0.39, 0.29) is 11.9 Å². The Bertz CT molecular complexity index is 646. The van der Waals surface area contributed by atoms with Crippen LogP contribution >= 0.6 is 0 Å². The Kier molecular flexibility index (Phi) is 3.61. The van der Waals surface area contributed by atoms with Gasteiger partial charge in [-0.2, -0.15) is 0 Å². The van der Waals surface area contributed by atoms with Gasteiger partial charge in [-0.15, -0.1) is 0 Å². The van der Waals surface area contributed by atoms with Crippen molar-refractivity contribution >= 4 is 12.0 Å². The Morgan fingerprint density at radius 1 is 1.10 bits per heavy atom. The summed E-state index contributed by atoms with van der Waals surface area (Å²) in [5, 5.41) is 0. The lowest BCUT2D eigenvalue weighted by molar-refractivity contribution is -0.145. The average Bonchev–Trinajstić information content (AvgIpc) is 3.30. The summed E-state index contributed by atoms with van der Waals surface area (Å²) in [5.74, 6) is 0.0645. The van der Waals surface area contributed by atoms with Crippen LogP contribution in [0.4, 0.5) is 0 Å². The van der Waals surface area contributed by atoms with E-state index in [0.29, 0.717) is 0 Å². The van der Waals surface area contributed by atoms with Gasteiger partial charge in [0.25, 0.3) is 0 Å². The van der Waals surface area contributed by atoms with Crippen LogP contribution in [-0.4, -0.2) is 13.1 Å². The maximum atomic E-state index is 12.2. The molecule has 0 N–H and O–H groups in total. The van der Waals surface area contributed by atoms with Gasteiger partial charge in [-0.05, 0) is 17.5 Å². The van der Waals surface area contributed by atoms with Crippen molar-refractivity contribution in [3.8, 4) is 0 Å². The first kappa shape index (κ1) is 13.6. The lowest BCUT2D eigenvalue weighted by atomic mass is 9.97. The number of hydrogen-bond acceptors (Lipinski definition) is 2. The van der Waals surface area contributed by atoms with Crippen LogP contribution in [0, 0.1) is 5.41 Å². The molecule has 0 heterocycles. The van der Waals surface area contributed by atoms with Crippen molar-refractivity contribution in [1.29, 1.82) is 0 Å². The summed E-state index contributed by atoms with van der Waals surface area (Å²) in [4.78, 5) is 12.2. The SMILES string of the molecule is COC(=O)[C@]1(C=Cc2ccccc2)C[C@H]1c1ccccc1. The fourth-order valence-electron chi connectivity index (χ4n) is 2.86. The lowest BCUT2D eigenvalue weighted by Gasteiger charge is -2.10. The number of carbonyl (C=O) groups is 1. The lowest BCUT2D eigenvalue weighted by Crippen LogP contribution is -2.17. The van der Waals surface area contributed by atoms with Crippen LogP contribution in [0.3, 0.4) is 0 Å². The Balaban J connectivity index is 1.87. The summed E-state index contributed by atoms with van der Waals surface area (Å²) < 4.78 is 5.03. The zero-order valence-electron chi connectivity index (χ0n) is 12.0. The van der Waals surface area contributed by atoms with Crippen molar-refractivity contribution in [2.24, 2.45) is 5.41 Å². The van der Waals surface area contributed by atoms with Crippen molar-refractivity contribution in [3.63, 3.8) is 0 Å². The second-order valence-electron chi connectivity index (χ2n) is 5.44. The molecule has 2 heteroatoms. The van der Waals surface area contributed by atoms with Gasteiger partial charge in [-0.1, -0.05) is 72.8 Å². The number of benzene rings is 2. The van der Waals surface area contributed by atoms with Crippen molar-refractivity contribution < 1.29 is 9.53 Å². The van der Waals surface area contributed by atoms with E-state index in [0.717, 1.165) is 12.0 Å². The highest BCUT2D eigenvalue weighted by Gasteiger charge is 2.59. The Morgan fingerprint density at radius 3 is 2.33 bits per heavy atom. The van der Waals surface area contributed by atoms with Gasteiger partial charge in [0.1, 0.15) is 0 Å². The monoisotopic (exact) mass is 278 g/mol. The van der Waals surface area contributed by atoms with Crippen molar-refractivity contribution in [1.82, 2.24) is 0 Å². The summed E-state index contributed by atoms with van der Waals surface area (Å²) in [6.45, 7) is 0. The number of hydrogen-bond donors (Lipinski definition) is 0. The second kappa shape index (κ2) is 5.57. The van der Waals surface area contributed by atoms with Gasteiger partial charge in [0.05, 0.1) is 12.5 Å². The van der Waals surface area contributed by atoms with Gasteiger partial charge in [-0.25, -0.2) is 0 Å². The van der Waals surface area contributed by atoms with Crippen molar-refractivity contribution in [2.45, 2.75) is 12.3 Å². The molecule has 1 saturated carbocycles. The first-order chi connectivity index (χ1) is 10.3. The smallest absolute Gasteiger partial charge is 0.316 e. The van der Waals surface area contributed by atoms with Crippen LogP contribution in [0.2, 0.25) is 0 Å². The molecule has 1 aliphatic rings. The molecule has 1 fully saturated rings. The largest absolute Gasteiger partial charge is 0.468 e. The first-order valence-electron chi connectivity index (χ1n) is 7.14. The molecule has 0 spiro atoms. The van der Waals surface area contributed by atoms with Gasteiger partial charge in [0.2, 0.25) is 0 Å². The van der Waals surface area contributed by atoms with Crippen LogP contribution in [0.1, 0.15) is 23.5 Å². The highest BCUT2D eigenvalue weighted by atomic mass is 16.5. The quantitative estimate of drug-likeness (QED) is 0.789. The second-order valence-corrected chi connectivity index (χ2v) is 5.44. The van der Waals surface area contributed by atoms with Crippen LogP contribution in [-0.2, 0) is 9.53 Å². The predicted molar refractivity (Wildman–Crippen MR) is 83.7 cm³/mol.